The number of urea groups is 1. The minimum absolute atomic E-state index is 0.0120. The molecule has 1 aromatic rings. The van der Waals surface area contributed by atoms with Crippen LogP contribution in [0.4, 0.5) is 4.79 Å². The monoisotopic (exact) mass is 352 g/mol. The van der Waals surface area contributed by atoms with Gasteiger partial charge in [0.15, 0.2) is 0 Å². The zero-order chi connectivity index (χ0) is 17.7. The van der Waals surface area contributed by atoms with Crippen molar-refractivity contribution in [3.63, 3.8) is 0 Å². The summed E-state index contributed by atoms with van der Waals surface area (Å²) in [4.78, 5) is 33.5. The molecule has 7 heteroatoms. The molecule has 1 N–H and O–H groups in total. The number of likely N-dealkylation sites (tertiary alicyclic amines) is 1. The lowest BCUT2D eigenvalue weighted by Crippen LogP contribution is -2.48. The summed E-state index contributed by atoms with van der Waals surface area (Å²) in [5, 5.41) is 4.16. The third kappa shape index (κ3) is 4.93. The van der Waals surface area contributed by atoms with Gasteiger partial charge in [-0.1, -0.05) is 0 Å². The molecule has 0 aliphatic carbocycles. The van der Waals surface area contributed by atoms with Gasteiger partial charge in [-0.2, -0.15) is 0 Å². The van der Waals surface area contributed by atoms with Crippen LogP contribution in [0.3, 0.4) is 0 Å². The number of aryl methyl sites for hydroxylation is 3. The Morgan fingerprint density at radius 3 is 2.75 bits per heavy atom. The van der Waals surface area contributed by atoms with E-state index in [-0.39, 0.29) is 17.9 Å². The van der Waals surface area contributed by atoms with Crippen LogP contribution in [0.2, 0.25) is 0 Å². The molecular weight excluding hydrogens is 324 g/mol. The van der Waals surface area contributed by atoms with E-state index in [1.165, 1.54) is 4.88 Å². The van der Waals surface area contributed by atoms with E-state index < -0.39 is 0 Å². The molecule has 3 amide bonds. The molecule has 0 radical (unpaired) electrons. The van der Waals surface area contributed by atoms with Gasteiger partial charge in [-0.15, -0.1) is 11.3 Å². The second-order valence-electron chi connectivity index (χ2n) is 6.61. The molecule has 134 valence electrons. The van der Waals surface area contributed by atoms with E-state index in [9.17, 15) is 9.59 Å². The third-order valence-electron chi connectivity index (χ3n) is 4.38. The average Bonchev–Trinajstić information content (AvgIpc) is 2.88. The minimum atomic E-state index is -0.0907. The highest BCUT2D eigenvalue weighted by Gasteiger charge is 2.28. The van der Waals surface area contributed by atoms with Crippen molar-refractivity contribution in [2.75, 3.05) is 33.7 Å². The topological polar surface area (TPSA) is 65.5 Å². The van der Waals surface area contributed by atoms with Gasteiger partial charge >= 0.3 is 6.03 Å². The Morgan fingerprint density at radius 2 is 2.12 bits per heavy atom. The molecule has 6 nitrogen and oxygen atoms in total. The van der Waals surface area contributed by atoms with Gasteiger partial charge in [0.05, 0.1) is 16.6 Å². The normalized spacial score (nSPS) is 17.7. The number of piperidine rings is 1. The predicted octanol–water partition coefficient (Wildman–Crippen LogP) is 2.20. The largest absolute Gasteiger partial charge is 0.356 e. The number of thiazole rings is 1. The first-order valence-electron chi connectivity index (χ1n) is 8.55. The molecule has 1 fully saturated rings. The number of carbonyl (C=O) groups excluding carboxylic acids is 2. The van der Waals surface area contributed by atoms with E-state index in [2.05, 4.69) is 17.2 Å². The molecule has 0 saturated carbocycles. The number of nitrogens with one attached hydrogen (secondary N) is 1. The van der Waals surface area contributed by atoms with Gasteiger partial charge in [-0.3, -0.25) is 4.79 Å². The van der Waals surface area contributed by atoms with Crippen LogP contribution in [0.5, 0.6) is 0 Å². The smallest absolute Gasteiger partial charge is 0.319 e. The van der Waals surface area contributed by atoms with E-state index in [0.29, 0.717) is 13.1 Å². The van der Waals surface area contributed by atoms with Crippen molar-refractivity contribution in [1.29, 1.82) is 0 Å². The second kappa shape index (κ2) is 8.46. The van der Waals surface area contributed by atoms with E-state index in [1.807, 2.05) is 6.92 Å². The van der Waals surface area contributed by atoms with E-state index in [1.54, 1.807) is 35.2 Å². The summed E-state index contributed by atoms with van der Waals surface area (Å²) in [6, 6.07) is -0.0120. The van der Waals surface area contributed by atoms with Gasteiger partial charge in [0.2, 0.25) is 5.91 Å². The average molecular weight is 353 g/mol. The van der Waals surface area contributed by atoms with Gasteiger partial charge in [0, 0.05) is 45.0 Å². The molecule has 0 unspecified atom stereocenters. The quantitative estimate of drug-likeness (QED) is 0.826. The molecule has 1 aliphatic rings. The van der Waals surface area contributed by atoms with Gasteiger partial charge < -0.3 is 15.1 Å². The van der Waals surface area contributed by atoms with Crippen LogP contribution >= 0.6 is 11.3 Å². The van der Waals surface area contributed by atoms with E-state index in [4.69, 9.17) is 0 Å². The first-order chi connectivity index (χ1) is 11.4. The van der Waals surface area contributed by atoms with Crippen LogP contribution in [0.1, 0.15) is 34.8 Å². The lowest BCUT2D eigenvalue weighted by Gasteiger charge is -2.33. The molecule has 1 atom stereocenters. The highest BCUT2D eigenvalue weighted by atomic mass is 32.1. The number of amides is 3. The lowest BCUT2D eigenvalue weighted by atomic mass is 9.97. The van der Waals surface area contributed by atoms with Crippen molar-refractivity contribution in [3.05, 3.63) is 15.6 Å². The fourth-order valence-corrected chi connectivity index (χ4v) is 3.87. The Bertz CT molecular complexity index is 566. The molecule has 2 rings (SSSR count). The second-order valence-corrected chi connectivity index (χ2v) is 7.89. The van der Waals surface area contributed by atoms with E-state index >= 15 is 0 Å². The molecule has 0 bridgehead atoms. The van der Waals surface area contributed by atoms with Crippen molar-refractivity contribution in [2.45, 2.75) is 39.5 Å². The molecule has 0 spiro atoms. The Kier molecular flexibility index (Phi) is 6.60. The van der Waals surface area contributed by atoms with Crippen LogP contribution in [-0.2, 0) is 11.2 Å². The van der Waals surface area contributed by atoms with Crippen molar-refractivity contribution in [2.24, 2.45) is 5.92 Å². The number of hydrogen-bond donors (Lipinski definition) is 1. The number of rotatable bonds is 5. The zero-order valence-electron chi connectivity index (χ0n) is 15.1. The van der Waals surface area contributed by atoms with Gasteiger partial charge in [0.1, 0.15) is 0 Å². The SMILES string of the molecule is Cc1nc(CCCNC(=O)[C@H]2CCCN(C(=O)N(C)C)C2)sc1C. The van der Waals surface area contributed by atoms with Crippen LogP contribution in [0, 0.1) is 19.8 Å². The third-order valence-corrected chi connectivity index (χ3v) is 5.52. The highest BCUT2D eigenvalue weighted by molar-refractivity contribution is 7.11. The first kappa shape index (κ1) is 18.7. The van der Waals surface area contributed by atoms with Crippen molar-refractivity contribution in [1.82, 2.24) is 20.1 Å². The summed E-state index contributed by atoms with van der Waals surface area (Å²) < 4.78 is 0. The molecule has 0 aromatic carbocycles. The van der Waals surface area contributed by atoms with Crippen LogP contribution in [0.25, 0.3) is 0 Å². The minimum Gasteiger partial charge on any atom is -0.356 e. The molecule has 1 aliphatic heterocycles. The lowest BCUT2D eigenvalue weighted by molar-refractivity contribution is -0.126. The summed E-state index contributed by atoms with van der Waals surface area (Å²) in [5.74, 6) is -0.0234. The standard InChI is InChI=1S/C17H28N4O2S/c1-12-13(2)24-15(19-12)8-5-9-18-16(22)14-7-6-10-21(11-14)17(23)20(3)4/h14H,5-11H2,1-4H3,(H,18,22)/t14-/m0/s1. The van der Waals surface area contributed by atoms with Gasteiger partial charge in [-0.25, -0.2) is 9.78 Å². The molecule has 2 heterocycles. The summed E-state index contributed by atoms with van der Waals surface area (Å²) in [7, 11) is 3.49. The van der Waals surface area contributed by atoms with Gasteiger partial charge in [-0.05, 0) is 33.1 Å². The molecule has 24 heavy (non-hydrogen) atoms. The highest BCUT2D eigenvalue weighted by Crippen LogP contribution is 2.19. The summed E-state index contributed by atoms with van der Waals surface area (Å²) in [6.07, 6.45) is 3.53. The van der Waals surface area contributed by atoms with E-state index in [0.717, 1.165) is 42.9 Å². The Morgan fingerprint density at radius 1 is 1.38 bits per heavy atom. The number of aromatic nitrogens is 1. The fraction of sp³-hybridized carbons (Fsp3) is 0.706. The summed E-state index contributed by atoms with van der Waals surface area (Å²) in [5.41, 5.74) is 1.10. The van der Waals surface area contributed by atoms with Crippen molar-refractivity contribution >= 4 is 23.3 Å². The Hall–Kier alpha value is -1.63. The maximum absolute atomic E-state index is 12.3. The van der Waals surface area contributed by atoms with Crippen molar-refractivity contribution < 1.29 is 9.59 Å². The van der Waals surface area contributed by atoms with Gasteiger partial charge in [0.25, 0.3) is 0 Å². The zero-order valence-corrected chi connectivity index (χ0v) is 15.9. The van der Waals surface area contributed by atoms with Crippen molar-refractivity contribution in [3.8, 4) is 0 Å². The Labute approximate surface area is 148 Å². The number of carbonyl (C=O) groups is 2. The van der Waals surface area contributed by atoms with Crippen LogP contribution < -0.4 is 5.32 Å². The summed E-state index contributed by atoms with van der Waals surface area (Å²) in [6.45, 7) is 6.04. The van der Waals surface area contributed by atoms with Crippen LogP contribution in [-0.4, -0.2) is 60.5 Å². The number of hydrogen-bond acceptors (Lipinski definition) is 4. The first-order valence-corrected chi connectivity index (χ1v) is 9.37. The van der Waals surface area contributed by atoms with Crippen LogP contribution in [0.15, 0.2) is 0 Å². The number of nitrogens with zero attached hydrogens (tertiary/aromatic N) is 3. The maximum atomic E-state index is 12.3. The summed E-state index contributed by atoms with van der Waals surface area (Å²) >= 11 is 1.73. The maximum Gasteiger partial charge on any atom is 0.319 e. The fourth-order valence-electron chi connectivity index (χ4n) is 2.89. The molecule has 1 saturated heterocycles. The molecule has 1 aromatic heterocycles. The predicted molar refractivity (Wildman–Crippen MR) is 96.3 cm³/mol. The molecular formula is C17H28N4O2S. The Balaban J connectivity index is 1.72.